The summed E-state index contributed by atoms with van der Waals surface area (Å²) in [5, 5.41) is 11.3. The molecule has 0 aliphatic carbocycles. The standard InChI is InChI=1S/C13H20N4O2/c1-9-8-10(2)14-12(11(9)13(18)19)15-17-6-4-16(3)5-7-17/h8H,4-7H2,1-3H3,(H,14,15)(H,18,19). The minimum absolute atomic E-state index is 0.254. The number of nitrogens with one attached hydrogen (secondary N) is 1. The van der Waals surface area contributed by atoms with Crippen LogP contribution >= 0.6 is 0 Å². The molecular weight excluding hydrogens is 244 g/mol. The van der Waals surface area contributed by atoms with E-state index in [1.54, 1.807) is 13.0 Å². The maximum atomic E-state index is 11.3. The smallest absolute Gasteiger partial charge is 0.339 e. The molecule has 0 atom stereocenters. The van der Waals surface area contributed by atoms with Crippen molar-refractivity contribution in [3.63, 3.8) is 0 Å². The molecular formula is C13H20N4O2. The zero-order valence-electron chi connectivity index (χ0n) is 11.6. The van der Waals surface area contributed by atoms with Gasteiger partial charge in [-0.05, 0) is 32.5 Å². The van der Waals surface area contributed by atoms with E-state index >= 15 is 0 Å². The Morgan fingerprint density at radius 3 is 2.53 bits per heavy atom. The molecule has 0 spiro atoms. The van der Waals surface area contributed by atoms with Crippen LogP contribution in [0.2, 0.25) is 0 Å². The van der Waals surface area contributed by atoms with E-state index in [9.17, 15) is 9.90 Å². The van der Waals surface area contributed by atoms with Gasteiger partial charge < -0.3 is 15.4 Å². The topological polar surface area (TPSA) is 68.7 Å². The lowest BCUT2D eigenvalue weighted by molar-refractivity contribution is 0.0696. The molecule has 104 valence electrons. The Morgan fingerprint density at radius 2 is 1.95 bits per heavy atom. The molecule has 2 heterocycles. The number of carbonyl (C=O) groups is 1. The molecule has 1 fully saturated rings. The van der Waals surface area contributed by atoms with Gasteiger partial charge in [-0.25, -0.2) is 14.8 Å². The normalized spacial score (nSPS) is 17.4. The van der Waals surface area contributed by atoms with E-state index in [0.717, 1.165) is 37.4 Å². The van der Waals surface area contributed by atoms with Crippen LogP contribution in [0.3, 0.4) is 0 Å². The minimum atomic E-state index is -0.943. The molecule has 0 aromatic carbocycles. The molecule has 0 radical (unpaired) electrons. The fourth-order valence-corrected chi connectivity index (χ4v) is 2.26. The Bertz CT molecular complexity index is 482. The predicted octanol–water partition coefficient (Wildman–Crippen LogP) is 0.971. The Hall–Kier alpha value is -1.66. The van der Waals surface area contributed by atoms with Crippen molar-refractivity contribution in [2.75, 3.05) is 38.7 Å². The zero-order valence-corrected chi connectivity index (χ0v) is 11.6. The van der Waals surface area contributed by atoms with E-state index in [4.69, 9.17) is 0 Å². The van der Waals surface area contributed by atoms with E-state index in [0.29, 0.717) is 5.82 Å². The van der Waals surface area contributed by atoms with Gasteiger partial charge in [0.2, 0.25) is 0 Å². The summed E-state index contributed by atoms with van der Waals surface area (Å²) in [6.45, 7) is 7.29. The minimum Gasteiger partial charge on any atom is -0.478 e. The van der Waals surface area contributed by atoms with Gasteiger partial charge in [0.15, 0.2) is 5.82 Å². The Labute approximate surface area is 113 Å². The SMILES string of the molecule is Cc1cc(C)c(C(=O)O)c(NN2CCN(C)CC2)n1. The summed E-state index contributed by atoms with van der Waals surface area (Å²) in [5.41, 5.74) is 4.95. The molecule has 6 heteroatoms. The number of aryl methyl sites for hydroxylation is 2. The Balaban J connectivity index is 2.21. The Kier molecular flexibility index (Phi) is 4.01. The molecule has 6 nitrogen and oxygen atoms in total. The number of carboxylic acid groups (broad SMARTS) is 1. The number of aromatic nitrogens is 1. The van der Waals surface area contributed by atoms with Gasteiger partial charge in [0.1, 0.15) is 5.56 Å². The van der Waals surface area contributed by atoms with Crippen LogP contribution < -0.4 is 5.43 Å². The van der Waals surface area contributed by atoms with E-state index in [1.807, 2.05) is 11.9 Å². The van der Waals surface area contributed by atoms with Crippen LogP contribution in [-0.4, -0.2) is 59.2 Å². The summed E-state index contributed by atoms with van der Waals surface area (Å²) >= 11 is 0. The lowest BCUT2D eigenvalue weighted by atomic mass is 10.1. The molecule has 1 aliphatic rings. The maximum absolute atomic E-state index is 11.3. The van der Waals surface area contributed by atoms with Gasteiger partial charge in [0, 0.05) is 31.9 Å². The number of pyridine rings is 1. The maximum Gasteiger partial charge on any atom is 0.339 e. The van der Waals surface area contributed by atoms with Crippen molar-refractivity contribution in [1.29, 1.82) is 0 Å². The summed E-state index contributed by atoms with van der Waals surface area (Å²) in [5.74, 6) is -0.504. The number of nitrogens with zero attached hydrogens (tertiary/aromatic N) is 3. The molecule has 2 N–H and O–H groups in total. The van der Waals surface area contributed by atoms with Gasteiger partial charge in [-0.2, -0.15) is 0 Å². The number of aromatic carboxylic acids is 1. The average molecular weight is 264 g/mol. The first-order chi connectivity index (χ1) is 8.97. The van der Waals surface area contributed by atoms with Gasteiger partial charge in [0.25, 0.3) is 0 Å². The monoisotopic (exact) mass is 264 g/mol. The van der Waals surface area contributed by atoms with E-state index in [2.05, 4.69) is 22.4 Å². The highest BCUT2D eigenvalue weighted by Crippen LogP contribution is 2.19. The van der Waals surface area contributed by atoms with Crippen LogP contribution in [0.15, 0.2) is 6.07 Å². The molecule has 0 bridgehead atoms. The zero-order chi connectivity index (χ0) is 14.0. The summed E-state index contributed by atoms with van der Waals surface area (Å²) in [6, 6.07) is 1.79. The van der Waals surface area contributed by atoms with Crippen LogP contribution in [-0.2, 0) is 0 Å². The van der Waals surface area contributed by atoms with Crippen molar-refractivity contribution in [3.05, 3.63) is 22.9 Å². The fourth-order valence-electron chi connectivity index (χ4n) is 2.26. The quantitative estimate of drug-likeness (QED) is 0.848. The number of hydrogen-bond donors (Lipinski definition) is 2. The van der Waals surface area contributed by atoms with Crippen molar-refractivity contribution in [1.82, 2.24) is 14.9 Å². The second-order valence-corrected chi connectivity index (χ2v) is 5.01. The van der Waals surface area contributed by atoms with Gasteiger partial charge >= 0.3 is 5.97 Å². The number of carboxylic acids is 1. The van der Waals surface area contributed by atoms with Gasteiger partial charge in [-0.3, -0.25) is 0 Å². The third kappa shape index (κ3) is 3.21. The lowest BCUT2D eigenvalue weighted by Gasteiger charge is -2.33. The molecule has 1 aromatic rings. The van der Waals surface area contributed by atoms with Crippen molar-refractivity contribution in [3.8, 4) is 0 Å². The van der Waals surface area contributed by atoms with Crippen molar-refractivity contribution >= 4 is 11.8 Å². The third-order valence-electron chi connectivity index (χ3n) is 3.33. The third-order valence-corrected chi connectivity index (χ3v) is 3.33. The van der Waals surface area contributed by atoms with Crippen molar-refractivity contribution in [2.24, 2.45) is 0 Å². The highest BCUT2D eigenvalue weighted by atomic mass is 16.4. The molecule has 0 saturated carbocycles. The second kappa shape index (κ2) is 5.54. The molecule has 19 heavy (non-hydrogen) atoms. The number of likely N-dealkylation sites (N-methyl/N-ethyl adjacent to an activating group) is 1. The van der Waals surface area contributed by atoms with Crippen LogP contribution in [0.5, 0.6) is 0 Å². The molecule has 1 aliphatic heterocycles. The predicted molar refractivity (Wildman–Crippen MR) is 73.4 cm³/mol. The van der Waals surface area contributed by atoms with Crippen LogP contribution in [0.4, 0.5) is 5.82 Å². The fraction of sp³-hybridized carbons (Fsp3) is 0.538. The highest BCUT2D eigenvalue weighted by Gasteiger charge is 2.19. The number of hydrogen-bond acceptors (Lipinski definition) is 5. The van der Waals surface area contributed by atoms with E-state index < -0.39 is 5.97 Å². The summed E-state index contributed by atoms with van der Waals surface area (Å²) in [6.07, 6.45) is 0. The van der Waals surface area contributed by atoms with Crippen LogP contribution in [0.25, 0.3) is 0 Å². The first-order valence-electron chi connectivity index (χ1n) is 6.39. The number of rotatable bonds is 3. The van der Waals surface area contributed by atoms with Gasteiger partial charge in [-0.15, -0.1) is 0 Å². The van der Waals surface area contributed by atoms with Gasteiger partial charge in [-0.1, -0.05) is 0 Å². The number of anilines is 1. The highest BCUT2D eigenvalue weighted by molar-refractivity contribution is 5.94. The van der Waals surface area contributed by atoms with E-state index in [-0.39, 0.29) is 5.56 Å². The number of piperazine rings is 1. The van der Waals surface area contributed by atoms with Crippen LogP contribution in [0.1, 0.15) is 21.6 Å². The summed E-state index contributed by atoms with van der Waals surface area (Å²) < 4.78 is 0. The Morgan fingerprint density at radius 1 is 1.32 bits per heavy atom. The lowest BCUT2D eigenvalue weighted by Crippen LogP contribution is -2.47. The molecule has 2 rings (SSSR count). The number of hydrazine groups is 1. The first kappa shape index (κ1) is 13.8. The molecule has 1 saturated heterocycles. The average Bonchev–Trinajstić information content (AvgIpc) is 2.30. The van der Waals surface area contributed by atoms with Gasteiger partial charge in [0.05, 0.1) is 0 Å². The molecule has 0 amide bonds. The second-order valence-electron chi connectivity index (χ2n) is 5.01. The van der Waals surface area contributed by atoms with Crippen molar-refractivity contribution < 1.29 is 9.90 Å². The van der Waals surface area contributed by atoms with E-state index in [1.165, 1.54) is 0 Å². The summed E-state index contributed by atoms with van der Waals surface area (Å²) in [7, 11) is 2.08. The molecule has 0 unspecified atom stereocenters. The largest absolute Gasteiger partial charge is 0.478 e. The van der Waals surface area contributed by atoms with Crippen LogP contribution in [0, 0.1) is 13.8 Å². The van der Waals surface area contributed by atoms with Crippen molar-refractivity contribution in [2.45, 2.75) is 13.8 Å². The summed E-state index contributed by atoms with van der Waals surface area (Å²) in [4.78, 5) is 17.9. The molecule has 1 aromatic heterocycles. The first-order valence-corrected chi connectivity index (χ1v) is 6.39.